The van der Waals surface area contributed by atoms with Crippen LogP contribution in [0.1, 0.15) is 30.2 Å². The molecular formula is C13H15BrN2O. The molecule has 1 fully saturated rings. The highest BCUT2D eigenvalue weighted by Crippen LogP contribution is 2.31. The van der Waals surface area contributed by atoms with Crippen LogP contribution in [0.15, 0.2) is 21.0 Å². The molecule has 2 heterocycles. The van der Waals surface area contributed by atoms with Crippen LogP contribution in [0, 0.1) is 6.92 Å². The molecule has 1 aromatic carbocycles. The largest absolute Gasteiger partial charge is 0.439 e. The topological polar surface area (TPSA) is 38.1 Å². The number of benzene rings is 1. The van der Waals surface area contributed by atoms with E-state index in [0.29, 0.717) is 5.92 Å². The summed E-state index contributed by atoms with van der Waals surface area (Å²) >= 11 is 3.54. The molecule has 0 saturated carbocycles. The summed E-state index contributed by atoms with van der Waals surface area (Å²) in [5, 5.41) is 3.39. The van der Waals surface area contributed by atoms with Crippen molar-refractivity contribution in [2.45, 2.75) is 25.7 Å². The van der Waals surface area contributed by atoms with Crippen LogP contribution in [0.25, 0.3) is 11.1 Å². The number of nitrogens with zero attached hydrogens (tertiary/aromatic N) is 1. The normalized spacial score (nSPS) is 20.9. The highest BCUT2D eigenvalue weighted by atomic mass is 79.9. The number of rotatable bonds is 1. The lowest BCUT2D eigenvalue weighted by molar-refractivity contribution is 0.387. The van der Waals surface area contributed by atoms with E-state index in [1.165, 1.54) is 12.0 Å². The summed E-state index contributed by atoms with van der Waals surface area (Å²) in [7, 11) is 0. The smallest absolute Gasteiger partial charge is 0.199 e. The summed E-state index contributed by atoms with van der Waals surface area (Å²) in [5.41, 5.74) is 3.03. The van der Waals surface area contributed by atoms with Gasteiger partial charge in [-0.15, -0.1) is 0 Å². The molecule has 3 nitrogen and oxygen atoms in total. The Kier molecular flexibility index (Phi) is 2.92. The summed E-state index contributed by atoms with van der Waals surface area (Å²) in [6.45, 7) is 4.16. The Morgan fingerprint density at radius 1 is 1.47 bits per heavy atom. The lowest BCUT2D eigenvalue weighted by Crippen LogP contribution is -2.28. The molecule has 0 aliphatic carbocycles. The maximum atomic E-state index is 5.90. The molecule has 1 aromatic heterocycles. The predicted octanol–water partition coefficient (Wildman–Crippen LogP) is 3.37. The number of aryl methyl sites for hydroxylation is 1. The first-order valence-corrected chi connectivity index (χ1v) is 6.80. The molecule has 1 saturated heterocycles. The molecule has 1 unspecified atom stereocenters. The van der Waals surface area contributed by atoms with E-state index in [1.54, 1.807) is 0 Å². The van der Waals surface area contributed by atoms with Crippen LogP contribution in [0.5, 0.6) is 0 Å². The molecule has 4 heteroatoms. The van der Waals surface area contributed by atoms with Gasteiger partial charge >= 0.3 is 0 Å². The SMILES string of the molecule is Cc1cc(Br)c2oc(C3CCCNC3)nc2c1. The summed E-state index contributed by atoms with van der Waals surface area (Å²) in [5.74, 6) is 1.29. The third kappa shape index (κ3) is 2.11. The van der Waals surface area contributed by atoms with E-state index < -0.39 is 0 Å². The average Bonchev–Trinajstić information content (AvgIpc) is 2.74. The Bertz CT molecular complexity index is 544. The number of oxazole rings is 1. The van der Waals surface area contributed by atoms with Crippen molar-refractivity contribution in [1.82, 2.24) is 10.3 Å². The Morgan fingerprint density at radius 2 is 2.35 bits per heavy atom. The van der Waals surface area contributed by atoms with Crippen molar-refractivity contribution in [2.75, 3.05) is 13.1 Å². The van der Waals surface area contributed by atoms with Crippen molar-refractivity contribution in [1.29, 1.82) is 0 Å². The fourth-order valence-electron chi connectivity index (χ4n) is 2.38. The standard InChI is InChI=1S/C13H15BrN2O/c1-8-5-10(14)12-11(6-8)16-13(17-12)9-3-2-4-15-7-9/h5-6,9,15H,2-4,7H2,1H3. The molecule has 0 spiro atoms. The molecule has 2 aromatic rings. The monoisotopic (exact) mass is 294 g/mol. The fourth-order valence-corrected chi connectivity index (χ4v) is 3.02. The highest BCUT2D eigenvalue weighted by Gasteiger charge is 2.21. The van der Waals surface area contributed by atoms with Crippen molar-refractivity contribution >= 4 is 27.0 Å². The zero-order chi connectivity index (χ0) is 11.8. The summed E-state index contributed by atoms with van der Waals surface area (Å²) < 4.78 is 6.89. The second-order valence-electron chi connectivity index (χ2n) is 4.69. The highest BCUT2D eigenvalue weighted by molar-refractivity contribution is 9.10. The van der Waals surface area contributed by atoms with Gasteiger partial charge in [-0.3, -0.25) is 0 Å². The van der Waals surface area contributed by atoms with Crippen LogP contribution in [0.2, 0.25) is 0 Å². The molecule has 1 N–H and O–H groups in total. The first-order valence-electron chi connectivity index (χ1n) is 6.01. The van der Waals surface area contributed by atoms with Gasteiger partial charge in [-0.1, -0.05) is 0 Å². The molecule has 17 heavy (non-hydrogen) atoms. The van der Waals surface area contributed by atoms with Gasteiger partial charge in [-0.05, 0) is 59.9 Å². The number of nitrogens with one attached hydrogen (secondary N) is 1. The van der Waals surface area contributed by atoms with E-state index >= 15 is 0 Å². The maximum Gasteiger partial charge on any atom is 0.199 e. The summed E-state index contributed by atoms with van der Waals surface area (Å²) in [6.07, 6.45) is 2.36. The van der Waals surface area contributed by atoms with E-state index in [-0.39, 0.29) is 0 Å². The van der Waals surface area contributed by atoms with Gasteiger partial charge < -0.3 is 9.73 Å². The molecule has 1 atom stereocenters. The van der Waals surface area contributed by atoms with E-state index in [2.05, 4.69) is 45.3 Å². The molecule has 1 aliphatic heterocycles. The average molecular weight is 295 g/mol. The van der Waals surface area contributed by atoms with Crippen molar-refractivity contribution < 1.29 is 4.42 Å². The minimum absolute atomic E-state index is 0.420. The van der Waals surface area contributed by atoms with Gasteiger partial charge in [-0.25, -0.2) is 4.98 Å². The van der Waals surface area contributed by atoms with Crippen LogP contribution in [-0.2, 0) is 0 Å². The number of halogens is 1. The van der Waals surface area contributed by atoms with Gasteiger partial charge in [0.2, 0.25) is 0 Å². The van der Waals surface area contributed by atoms with Gasteiger partial charge in [0.1, 0.15) is 5.52 Å². The summed E-state index contributed by atoms with van der Waals surface area (Å²) in [4.78, 5) is 4.62. The second-order valence-corrected chi connectivity index (χ2v) is 5.54. The van der Waals surface area contributed by atoms with E-state index in [0.717, 1.165) is 41.0 Å². The minimum atomic E-state index is 0.420. The van der Waals surface area contributed by atoms with Crippen molar-refractivity contribution in [2.24, 2.45) is 0 Å². The van der Waals surface area contributed by atoms with E-state index in [4.69, 9.17) is 4.42 Å². The van der Waals surface area contributed by atoms with Crippen LogP contribution in [0.3, 0.4) is 0 Å². The van der Waals surface area contributed by atoms with E-state index in [9.17, 15) is 0 Å². The lowest BCUT2D eigenvalue weighted by Gasteiger charge is -2.19. The van der Waals surface area contributed by atoms with Crippen molar-refractivity contribution in [3.05, 3.63) is 28.1 Å². The van der Waals surface area contributed by atoms with Crippen LogP contribution < -0.4 is 5.32 Å². The fraction of sp³-hybridized carbons (Fsp3) is 0.462. The third-order valence-electron chi connectivity index (χ3n) is 3.25. The van der Waals surface area contributed by atoms with Gasteiger partial charge in [0, 0.05) is 12.5 Å². The first kappa shape index (κ1) is 11.2. The van der Waals surface area contributed by atoms with Crippen molar-refractivity contribution in [3.8, 4) is 0 Å². The molecule has 0 bridgehead atoms. The number of aromatic nitrogens is 1. The molecule has 3 rings (SSSR count). The number of piperidine rings is 1. The molecule has 0 radical (unpaired) electrons. The van der Waals surface area contributed by atoms with Crippen LogP contribution in [-0.4, -0.2) is 18.1 Å². The Morgan fingerprint density at radius 3 is 3.12 bits per heavy atom. The molecule has 90 valence electrons. The number of hydrogen-bond donors (Lipinski definition) is 1. The van der Waals surface area contributed by atoms with Gasteiger partial charge in [0.05, 0.1) is 4.47 Å². The zero-order valence-electron chi connectivity index (χ0n) is 9.79. The third-order valence-corrected chi connectivity index (χ3v) is 3.84. The quantitative estimate of drug-likeness (QED) is 0.876. The summed E-state index contributed by atoms with van der Waals surface area (Å²) in [6, 6.07) is 4.14. The van der Waals surface area contributed by atoms with Crippen molar-refractivity contribution in [3.63, 3.8) is 0 Å². The second kappa shape index (κ2) is 4.42. The number of hydrogen-bond acceptors (Lipinski definition) is 3. The first-order chi connectivity index (χ1) is 8.24. The van der Waals surface area contributed by atoms with Gasteiger partial charge in [0.25, 0.3) is 0 Å². The Hall–Kier alpha value is -0.870. The lowest BCUT2D eigenvalue weighted by atomic mass is 10.00. The Labute approximate surface area is 109 Å². The Balaban J connectivity index is 2.03. The molecule has 0 amide bonds. The van der Waals surface area contributed by atoms with Crippen LogP contribution in [0.4, 0.5) is 0 Å². The maximum absolute atomic E-state index is 5.90. The zero-order valence-corrected chi connectivity index (χ0v) is 11.4. The minimum Gasteiger partial charge on any atom is -0.439 e. The van der Waals surface area contributed by atoms with Gasteiger partial charge in [-0.2, -0.15) is 0 Å². The van der Waals surface area contributed by atoms with Gasteiger partial charge in [0.15, 0.2) is 11.5 Å². The van der Waals surface area contributed by atoms with Crippen LogP contribution >= 0.6 is 15.9 Å². The van der Waals surface area contributed by atoms with E-state index in [1.807, 2.05) is 0 Å². The number of fused-ring (bicyclic) bond motifs is 1. The molecular weight excluding hydrogens is 280 g/mol. The molecule has 1 aliphatic rings. The predicted molar refractivity (Wildman–Crippen MR) is 71.3 cm³/mol.